The topological polar surface area (TPSA) is 54.4 Å². The lowest BCUT2D eigenvalue weighted by Crippen LogP contribution is -2.27. The van der Waals surface area contributed by atoms with Crippen LogP contribution in [0.25, 0.3) is 0 Å². The number of carboxylic acid groups (broad SMARTS) is 1. The van der Waals surface area contributed by atoms with Gasteiger partial charge in [0.15, 0.2) is 5.78 Å². The van der Waals surface area contributed by atoms with Gasteiger partial charge in [-0.25, -0.2) is 0 Å². The Hall–Kier alpha value is -1.12. The van der Waals surface area contributed by atoms with E-state index in [-0.39, 0.29) is 5.78 Å². The van der Waals surface area contributed by atoms with Gasteiger partial charge in [-0.05, 0) is 31.3 Å². The molecule has 0 bridgehead atoms. The van der Waals surface area contributed by atoms with Crippen LogP contribution in [-0.2, 0) is 9.59 Å². The molecule has 0 spiro atoms. The summed E-state index contributed by atoms with van der Waals surface area (Å²) in [5.41, 5.74) is 1.23. The van der Waals surface area contributed by atoms with E-state index in [1.54, 1.807) is 0 Å². The summed E-state index contributed by atoms with van der Waals surface area (Å²) in [6.45, 7) is 7.13. The molecule has 0 amide bonds. The predicted octanol–water partition coefficient (Wildman–Crippen LogP) is 2.02. The van der Waals surface area contributed by atoms with Crippen LogP contribution >= 0.6 is 0 Å². The molecule has 1 rings (SSSR count). The first-order valence-electron chi connectivity index (χ1n) is 4.72. The third kappa shape index (κ3) is 1.47. The second-order valence-corrected chi connectivity index (χ2v) is 4.48. The molecule has 78 valence electrons. The fraction of sp³-hybridized carbons (Fsp3) is 0.636. The molecule has 0 aromatic carbocycles. The van der Waals surface area contributed by atoms with Crippen LogP contribution in [0.2, 0.25) is 0 Å². The van der Waals surface area contributed by atoms with Crippen LogP contribution in [0.4, 0.5) is 0 Å². The Kier molecular flexibility index (Phi) is 2.52. The standard InChI is InChI=1S/C11H16O3/c1-6-8(7(2)12)5-9(10(13)14)11(6,3)4/h9H,5H2,1-4H3,(H,13,14). The van der Waals surface area contributed by atoms with Crippen molar-refractivity contribution in [1.29, 1.82) is 0 Å². The number of hydrogen-bond donors (Lipinski definition) is 1. The molecule has 3 nitrogen and oxygen atoms in total. The molecule has 0 saturated heterocycles. The van der Waals surface area contributed by atoms with Crippen LogP contribution in [0.15, 0.2) is 11.1 Å². The molecule has 0 radical (unpaired) electrons. The maximum Gasteiger partial charge on any atom is 0.307 e. The van der Waals surface area contributed by atoms with Crippen LogP contribution in [0.1, 0.15) is 34.1 Å². The Morgan fingerprint density at radius 1 is 1.43 bits per heavy atom. The lowest BCUT2D eigenvalue weighted by atomic mass is 9.78. The highest BCUT2D eigenvalue weighted by atomic mass is 16.4. The summed E-state index contributed by atoms with van der Waals surface area (Å²) in [4.78, 5) is 22.3. The average molecular weight is 196 g/mol. The highest BCUT2D eigenvalue weighted by Gasteiger charge is 2.44. The molecule has 3 heteroatoms. The van der Waals surface area contributed by atoms with E-state index in [0.717, 1.165) is 5.57 Å². The predicted molar refractivity (Wildman–Crippen MR) is 52.9 cm³/mol. The maximum atomic E-state index is 11.3. The summed E-state index contributed by atoms with van der Waals surface area (Å²) in [7, 11) is 0. The third-order valence-corrected chi connectivity index (χ3v) is 3.42. The first kappa shape index (κ1) is 11.0. The van der Waals surface area contributed by atoms with Gasteiger partial charge in [0.1, 0.15) is 0 Å². The van der Waals surface area contributed by atoms with Crippen molar-refractivity contribution in [3.05, 3.63) is 11.1 Å². The molecule has 1 N–H and O–H groups in total. The molecule has 0 aliphatic heterocycles. The zero-order valence-corrected chi connectivity index (χ0v) is 9.05. The van der Waals surface area contributed by atoms with Crippen molar-refractivity contribution in [3.63, 3.8) is 0 Å². The van der Waals surface area contributed by atoms with E-state index in [1.165, 1.54) is 6.92 Å². The minimum Gasteiger partial charge on any atom is -0.481 e. The van der Waals surface area contributed by atoms with Crippen LogP contribution in [0.3, 0.4) is 0 Å². The van der Waals surface area contributed by atoms with Crippen molar-refractivity contribution in [2.45, 2.75) is 34.1 Å². The number of ketones is 1. The van der Waals surface area contributed by atoms with Crippen molar-refractivity contribution >= 4 is 11.8 Å². The smallest absolute Gasteiger partial charge is 0.307 e. The van der Waals surface area contributed by atoms with Gasteiger partial charge in [0.25, 0.3) is 0 Å². The van der Waals surface area contributed by atoms with Crippen molar-refractivity contribution in [3.8, 4) is 0 Å². The van der Waals surface area contributed by atoms with Crippen LogP contribution in [0.5, 0.6) is 0 Å². The van der Waals surface area contributed by atoms with E-state index in [9.17, 15) is 9.59 Å². The molecular formula is C11H16O3. The normalized spacial score (nSPS) is 25.3. The Morgan fingerprint density at radius 2 is 1.93 bits per heavy atom. The summed E-state index contributed by atoms with van der Waals surface area (Å²) < 4.78 is 0. The molecule has 0 aromatic rings. The Morgan fingerprint density at radius 3 is 2.14 bits per heavy atom. The zero-order chi connectivity index (χ0) is 11.1. The van der Waals surface area contributed by atoms with Gasteiger partial charge in [0.2, 0.25) is 0 Å². The molecule has 1 aliphatic carbocycles. The number of carbonyl (C=O) groups excluding carboxylic acids is 1. The fourth-order valence-electron chi connectivity index (χ4n) is 2.07. The van der Waals surface area contributed by atoms with E-state index < -0.39 is 17.3 Å². The minimum absolute atomic E-state index is 0.000625. The molecule has 0 fully saturated rings. The maximum absolute atomic E-state index is 11.3. The summed E-state index contributed by atoms with van der Waals surface area (Å²) in [6.07, 6.45) is 0.378. The molecule has 1 aliphatic rings. The highest BCUT2D eigenvalue weighted by Crippen LogP contribution is 2.46. The van der Waals surface area contributed by atoms with Gasteiger partial charge < -0.3 is 5.11 Å². The number of Topliss-reactive ketones (excluding diaryl/α,β-unsaturated/α-hetero) is 1. The van der Waals surface area contributed by atoms with Crippen LogP contribution in [0, 0.1) is 11.3 Å². The lowest BCUT2D eigenvalue weighted by molar-refractivity contribution is -0.144. The van der Waals surface area contributed by atoms with Crippen LogP contribution in [-0.4, -0.2) is 16.9 Å². The zero-order valence-electron chi connectivity index (χ0n) is 9.05. The molecule has 14 heavy (non-hydrogen) atoms. The summed E-state index contributed by atoms with van der Waals surface area (Å²) in [5.74, 6) is -1.27. The molecule has 1 unspecified atom stereocenters. The monoisotopic (exact) mass is 196 g/mol. The number of allylic oxidation sites excluding steroid dienone is 2. The molecule has 0 aromatic heterocycles. The number of rotatable bonds is 2. The van der Waals surface area contributed by atoms with Gasteiger partial charge in [-0.1, -0.05) is 19.4 Å². The number of carboxylic acids is 1. The first-order chi connectivity index (χ1) is 6.28. The van der Waals surface area contributed by atoms with Gasteiger partial charge in [-0.2, -0.15) is 0 Å². The van der Waals surface area contributed by atoms with Crippen LogP contribution < -0.4 is 0 Å². The van der Waals surface area contributed by atoms with Gasteiger partial charge in [0.05, 0.1) is 5.92 Å². The van der Waals surface area contributed by atoms with Crippen molar-refractivity contribution < 1.29 is 14.7 Å². The summed E-state index contributed by atoms with van der Waals surface area (Å²) in [5, 5.41) is 9.03. The van der Waals surface area contributed by atoms with Crippen molar-refractivity contribution in [2.75, 3.05) is 0 Å². The van der Waals surface area contributed by atoms with Gasteiger partial charge >= 0.3 is 5.97 Å². The molecular weight excluding hydrogens is 180 g/mol. The molecule has 0 heterocycles. The Bertz CT molecular complexity index is 323. The summed E-state index contributed by atoms with van der Waals surface area (Å²) in [6, 6.07) is 0. The Labute approximate surface area is 83.8 Å². The minimum atomic E-state index is -0.814. The van der Waals surface area contributed by atoms with E-state index in [4.69, 9.17) is 5.11 Å². The molecule has 1 atom stereocenters. The Balaban J connectivity index is 3.12. The summed E-state index contributed by atoms with van der Waals surface area (Å²) >= 11 is 0. The van der Waals surface area contributed by atoms with Gasteiger partial charge in [-0.15, -0.1) is 0 Å². The number of aliphatic carboxylic acids is 1. The highest BCUT2D eigenvalue weighted by molar-refractivity contribution is 5.96. The van der Waals surface area contributed by atoms with Gasteiger partial charge in [-0.3, -0.25) is 9.59 Å². The fourth-order valence-corrected chi connectivity index (χ4v) is 2.07. The van der Waals surface area contributed by atoms with Crippen molar-refractivity contribution in [2.24, 2.45) is 11.3 Å². The number of carbonyl (C=O) groups is 2. The third-order valence-electron chi connectivity index (χ3n) is 3.42. The van der Waals surface area contributed by atoms with Crippen molar-refractivity contribution in [1.82, 2.24) is 0 Å². The first-order valence-corrected chi connectivity index (χ1v) is 4.72. The quantitative estimate of drug-likeness (QED) is 0.735. The lowest BCUT2D eigenvalue weighted by Gasteiger charge is -2.25. The number of hydrogen-bond acceptors (Lipinski definition) is 2. The van der Waals surface area contributed by atoms with Gasteiger partial charge in [0, 0.05) is 0 Å². The largest absolute Gasteiger partial charge is 0.481 e. The SMILES string of the molecule is CC(=O)C1=C(C)C(C)(C)C(C(=O)O)C1. The second-order valence-electron chi connectivity index (χ2n) is 4.48. The van der Waals surface area contributed by atoms with E-state index in [1.807, 2.05) is 20.8 Å². The van der Waals surface area contributed by atoms with E-state index in [0.29, 0.717) is 12.0 Å². The van der Waals surface area contributed by atoms with E-state index >= 15 is 0 Å². The van der Waals surface area contributed by atoms with E-state index in [2.05, 4.69) is 0 Å². The average Bonchev–Trinajstić information content (AvgIpc) is 2.24. The second kappa shape index (κ2) is 3.23. The molecule has 0 saturated carbocycles.